The number of methoxy groups -OCH3 is 1. The minimum Gasteiger partial charge on any atom is -0.497 e. The number of ether oxygens (including phenoxy) is 6. The molecule has 0 radical (unpaired) electrons. The van der Waals surface area contributed by atoms with Gasteiger partial charge in [-0.25, -0.2) is 9.18 Å². The summed E-state index contributed by atoms with van der Waals surface area (Å²) in [5, 5.41) is 20.4. The lowest BCUT2D eigenvalue weighted by atomic mass is 10.0. The number of carbonyl (C=O) groups is 2. The second-order valence-electron chi connectivity index (χ2n) is 7.59. The van der Waals surface area contributed by atoms with Crippen LogP contribution in [0.1, 0.15) is 24.2 Å². The Morgan fingerprint density at radius 3 is 2.34 bits per heavy atom. The molecule has 8 atom stereocenters. The van der Waals surface area contributed by atoms with Crippen LogP contribution in [0, 0.1) is 0 Å². The number of esters is 2. The van der Waals surface area contributed by atoms with E-state index < -0.39 is 61.0 Å². The molecule has 3 rings (SSSR count). The van der Waals surface area contributed by atoms with Crippen molar-refractivity contribution in [2.24, 2.45) is 0 Å². The van der Waals surface area contributed by atoms with Crippen LogP contribution >= 0.6 is 0 Å². The molecule has 2 aliphatic heterocycles. The Morgan fingerprint density at radius 1 is 1.03 bits per heavy atom. The van der Waals surface area contributed by atoms with Gasteiger partial charge in [-0.1, -0.05) is 0 Å². The van der Waals surface area contributed by atoms with Gasteiger partial charge >= 0.3 is 11.9 Å². The number of benzene rings is 1. The van der Waals surface area contributed by atoms with Crippen molar-refractivity contribution in [3.8, 4) is 5.75 Å². The minimum absolute atomic E-state index is 0.151. The normalized spacial score (nSPS) is 35.1. The molecule has 0 bridgehead atoms. The lowest BCUT2D eigenvalue weighted by Gasteiger charge is -2.43. The molecule has 1 aromatic carbocycles. The first-order chi connectivity index (χ1) is 15.2. The molecule has 0 aromatic heterocycles. The van der Waals surface area contributed by atoms with Crippen molar-refractivity contribution in [2.45, 2.75) is 62.9 Å². The summed E-state index contributed by atoms with van der Waals surface area (Å²) in [6.45, 7) is 2.12. The second kappa shape index (κ2) is 10.5. The summed E-state index contributed by atoms with van der Waals surface area (Å²) in [6.07, 6.45) is -10.6. The Kier molecular flexibility index (Phi) is 8.01. The third-order valence-corrected chi connectivity index (χ3v) is 5.25. The van der Waals surface area contributed by atoms with Crippen molar-refractivity contribution in [3.05, 3.63) is 29.8 Å². The summed E-state index contributed by atoms with van der Waals surface area (Å²) in [4.78, 5) is 24.1. The van der Waals surface area contributed by atoms with E-state index in [2.05, 4.69) is 0 Å². The molecular formula is C21H27FO10. The maximum atomic E-state index is 14.6. The number of alkyl halides is 1. The Labute approximate surface area is 184 Å². The van der Waals surface area contributed by atoms with Gasteiger partial charge in [-0.05, 0) is 31.2 Å². The van der Waals surface area contributed by atoms with Crippen molar-refractivity contribution in [1.82, 2.24) is 0 Å². The molecule has 1 unspecified atom stereocenters. The smallest absolute Gasteiger partial charge is 0.338 e. The third kappa shape index (κ3) is 5.54. The summed E-state index contributed by atoms with van der Waals surface area (Å²) in [7, 11) is 1.48. The van der Waals surface area contributed by atoms with Crippen LogP contribution in [0.2, 0.25) is 0 Å². The molecule has 178 valence electrons. The van der Waals surface area contributed by atoms with Gasteiger partial charge in [0.1, 0.15) is 24.1 Å². The van der Waals surface area contributed by atoms with Crippen molar-refractivity contribution >= 4 is 11.9 Å². The maximum absolute atomic E-state index is 14.6. The lowest BCUT2D eigenvalue weighted by molar-refractivity contribution is -0.309. The number of hydrogen-bond donors (Lipinski definition) is 2. The number of hydrogen-bond acceptors (Lipinski definition) is 10. The first-order valence-electron chi connectivity index (χ1n) is 10.1. The molecule has 11 heteroatoms. The quantitative estimate of drug-likeness (QED) is 0.577. The summed E-state index contributed by atoms with van der Waals surface area (Å²) in [5.74, 6) is -0.953. The zero-order valence-corrected chi connectivity index (χ0v) is 17.9. The van der Waals surface area contributed by atoms with Crippen molar-refractivity contribution < 1.29 is 52.6 Å². The first kappa shape index (κ1) is 24.3. The number of rotatable bonds is 6. The molecule has 1 aromatic rings. The average molecular weight is 458 g/mol. The highest BCUT2D eigenvalue weighted by atomic mass is 19.1. The predicted molar refractivity (Wildman–Crippen MR) is 105 cm³/mol. The van der Waals surface area contributed by atoms with Crippen LogP contribution in [0.4, 0.5) is 4.39 Å². The van der Waals surface area contributed by atoms with Crippen LogP contribution in [-0.4, -0.2) is 91.6 Å². The van der Waals surface area contributed by atoms with Gasteiger partial charge in [-0.3, -0.25) is 4.79 Å². The van der Waals surface area contributed by atoms with E-state index in [1.165, 1.54) is 26.2 Å². The highest BCUT2D eigenvalue weighted by Gasteiger charge is 2.48. The largest absolute Gasteiger partial charge is 0.497 e. The van der Waals surface area contributed by atoms with Gasteiger partial charge < -0.3 is 38.6 Å². The van der Waals surface area contributed by atoms with Crippen LogP contribution < -0.4 is 4.74 Å². The van der Waals surface area contributed by atoms with Crippen LogP contribution in [0.25, 0.3) is 0 Å². The molecule has 0 aliphatic carbocycles. The zero-order chi connectivity index (χ0) is 23.4. The number of aliphatic hydroxyl groups is 2. The van der Waals surface area contributed by atoms with Crippen LogP contribution in [0.5, 0.6) is 5.75 Å². The van der Waals surface area contributed by atoms with Crippen molar-refractivity contribution in [1.29, 1.82) is 0 Å². The molecule has 2 saturated heterocycles. The number of halogens is 1. The van der Waals surface area contributed by atoms with E-state index in [1.807, 2.05) is 0 Å². The topological polar surface area (TPSA) is 130 Å². The summed E-state index contributed by atoms with van der Waals surface area (Å²) in [5.41, 5.74) is 0.151. The maximum Gasteiger partial charge on any atom is 0.338 e. The molecule has 2 heterocycles. The van der Waals surface area contributed by atoms with E-state index in [0.717, 1.165) is 0 Å². The van der Waals surface area contributed by atoms with E-state index >= 15 is 0 Å². The van der Waals surface area contributed by atoms with Gasteiger partial charge in [0, 0.05) is 6.92 Å². The standard InChI is InChI=1S/C21H27FO10/c1-10-17(30-11(2)23)18(14(22)8-28-10)32-21-19(16(25)15(24)9-29-21)31-20(26)12-4-6-13(27-3)7-5-12/h4-7,10,14-19,21,24-25H,8-9H2,1-3H3/t10-,14-,15+,16-,17-,18?,19+,21-/m0/s1. The van der Waals surface area contributed by atoms with E-state index in [0.29, 0.717) is 5.75 Å². The van der Waals surface area contributed by atoms with E-state index in [9.17, 15) is 24.2 Å². The van der Waals surface area contributed by atoms with Gasteiger partial charge in [-0.15, -0.1) is 0 Å². The fraction of sp³-hybridized carbons (Fsp3) is 0.619. The minimum atomic E-state index is -1.68. The molecular weight excluding hydrogens is 431 g/mol. The fourth-order valence-corrected chi connectivity index (χ4v) is 3.51. The van der Waals surface area contributed by atoms with Gasteiger partial charge in [0.05, 0.1) is 32.0 Å². The Balaban J connectivity index is 1.78. The van der Waals surface area contributed by atoms with E-state index in [1.54, 1.807) is 19.1 Å². The van der Waals surface area contributed by atoms with Crippen LogP contribution in [0.15, 0.2) is 24.3 Å². The second-order valence-corrected chi connectivity index (χ2v) is 7.59. The third-order valence-electron chi connectivity index (χ3n) is 5.25. The number of aliphatic hydroxyl groups excluding tert-OH is 2. The molecule has 2 N–H and O–H groups in total. The lowest BCUT2D eigenvalue weighted by Crippen LogP contribution is -2.60. The SMILES string of the molecule is COc1ccc(C(=O)O[C@H]2[C@H](OC3[C@@H](OC(C)=O)[C@H](C)OC[C@@H]3F)OC[C@@H](O)[C@@H]2O)cc1. The molecule has 32 heavy (non-hydrogen) atoms. The van der Waals surface area contributed by atoms with E-state index in [-0.39, 0.29) is 18.8 Å². The molecule has 10 nitrogen and oxygen atoms in total. The summed E-state index contributed by atoms with van der Waals surface area (Å²) < 4.78 is 46.6. The summed E-state index contributed by atoms with van der Waals surface area (Å²) >= 11 is 0. The predicted octanol–water partition coefficient (Wildman–Crippen LogP) is 0.372. The fourth-order valence-electron chi connectivity index (χ4n) is 3.51. The zero-order valence-electron chi connectivity index (χ0n) is 17.9. The molecule has 0 amide bonds. The van der Waals surface area contributed by atoms with Gasteiger partial charge in [0.25, 0.3) is 0 Å². The first-order valence-corrected chi connectivity index (χ1v) is 10.1. The van der Waals surface area contributed by atoms with Crippen LogP contribution in [-0.2, 0) is 28.5 Å². The Morgan fingerprint density at radius 2 is 1.72 bits per heavy atom. The Hall–Kier alpha value is -2.31. The highest BCUT2D eigenvalue weighted by molar-refractivity contribution is 5.89. The molecule has 2 fully saturated rings. The number of carbonyl (C=O) groups excluding carboxylic acids is 2. The van der Waals surface area contributed by atoms with Gasteiger partial charge in [0.2, 0.25) is 0 Å². The van der Waals surface area contributed by atoms with Crippen LogP contribution in [0.3, 0.4) is 0 Å². The van der Waals surface area contributed by atoms with Gasteiger partial charge in [-0.2, -0.15) is 0 Å². The van der Waals surface area contributed by atoms with Crippen molar-refractivity contribution in [3.63, 3.8) is 0 Å². The molecule has 2 aliphatic rings. The Bertz CT molecular complexity index is 787. The summed E-state index contributed by atoms with van der Waals surface area (Å²) in [6, 6.07) is 6.01. The highest BCUT2D eigenvalue weighted by Crippen LogP contribution is 2.29. The molecule has 0 saturated carbocycles. The monoisotopic (exact) mass is 458 g/mol. The van der Waals surface area contributed by atoms with E-state index in [4.69, 9.17) is 28.4 Å². The molecule has 0 spiro atoms. The van der Waals surface area contributed by atoms with Crippen molar-refractivity contribution in [2.75, 3.05) is 20.3 Å². The average Bonchev–Trinajstić information content (AvgIpc) is 2.77. The van der Waals surface area contributed by atoms with Gasteiger partial charge in [0.15, 0.2) is 24.7 Å².